The number of hydrogen-bond donors (Lipinski definition) is 0. The first kappa shape index (κ1) is 18.6. The third-order valence-corrected chi connectivity index (χ3v) is 5.47. The third kappa shape index (κ3) is 3.80. The standard InChI is InChI=1S/C18H24F2N2O5/c1-2-24-16(23)14-10-22(21-15(14)25-11-12-9-18(12,19)20)13-3-5-17(6-4-13)26-7-8-27-17/h10,12-13H,2-9,11H2,1H3/t12-/m0/s1. The highest BCUT2D eigenvalue weighted by Crippen LogP contribution is 2.48. The number of carbonyl (C=O) groups is 1. The van der Waals surface area contributed by atoms with Crippen LogP contribution in [0.3, 0.4) is 0 Å². The van der Waals surface area contributed by atoms with Gasteiger partial charge in [0.15, 0.2) is 5.79 Å². The second kappa shape index (κ2) is 7.01. The molecular formula is C18H24F2N2O5. The Balaban J connectivity index is 1.46. The Hall–Kier alpha value is -1.74. The maximum Gasteiger partial charge on any atom is 0.345 e. The topological polar surface area (TPSA) is 71.8 Å². The molecule has 150 valence electrons. The van der Waals surface area contributed by atoms with Crippen molar-refractivity contribution in [1.29, 1.82) is 0 Å². The molecular weight excluding hydrogens is 362 g/mol. The van der Waals surface area contributed by atoms with E-state index in [1.807, 2.05) is 0 Å². The summed E-state index contributed by atoms with van der Waals surface area (Å²) in [7, 11) is 0. The summed E-state index contributed by atoms with van der Waals surface area (Å²) in [6, 6.07) is 0.0660. The molecule has 0 bridgehead atoms. The van der Waals surface area contributed by atoms with Crippen molar-refractivity contribution in [2.45, 2.75) is 56.8 Å². The molecule has 4 rings (SSSR count). The van der Waals surface area contributed by atoms with E-state index in [4.69, 9.17) is 18.9 Å². The zero-order chi connectivity index (χ0) is 19.1. The normalized spacial score (nSPS) is 26.3. The molecule has 1 aromatic rings. The van der Waals surface area contributed by atoms with Crippen LogP contribution in [0, 0.1) is 5.92 Å². The molecule has 1 spiro atoms. The van der Waals surface area contributed by atoms with Crippen LogP contribution in [0.1, 0.15) is 55.4 Å². The molecule has 0 radical (unpaired) electrons. The second-order valence-corrected chi connectivity index (χ2v) is 7.36. The van der Waals surface area contributed by atoms with E-state index in [-0.39, 0.29) is 37.1 Å². The summed E-state index contributed by atoms with van der Waals surface area (Å²) in [6.45, 7) is 2.99. The monoisotopic (exact) mass is 386 g/mol. The van der Waals surface area contributed by atoms with Gasteiger partial charge in [0, 0.05) is 25.5 Å². The highest BCUT2D eigenvalue weighted by molar-refractivity contribution is 5.91. The van der Waals surface area contributed by atoms with Gasteiger partial charge in [0.05, 0.1) is 38.4 Å². The van der Waals surface area contributed by atoms with Gasteiger partial charge < -0.3 is 18.9 Å². The fraction of sp³-hybridized carbons (Fsp3) is 0.778. The number of aromatic nitrogens is 2. The van der Waals surface area contributed by atoms with Crippen molar-refractivity contribution in [3.8, 4) is 5.88 Å². The Bertz CT molecular complexity index is 692. The Morgan fingerprint density at radius 3 is 2.59 bits per heavy atom. The molecule has 27 heavy (non-hydrogen) atoms. The van der Waals surface area contributed by atoms with E-state index in [0.29, 0.717) is 13.2 Å². The number of carbonyl (C=O) groups excluding carboxylic acids is 1. The molecule has 1 atom stereocenters. The fourth-order valence-corrected chi connectivity index (χ4v) is 3.74. The molecule has 1 saturated heterocycles. The van der Waals surface area contributed by atoms with Crippen LogP contribution >= 0.6 is 0 Å². The highest BCUT2D eigenvalue weighted by Gasteiger charge is 2.57. The van der Waals surface area contributed by atoms with Gasteiger partial charge in [-0.1, -0.05) is 0 Å². The lowest BCUT2D eigenvalue weighted by Crippen LogP contribution is -2.35. The van der Waals surface area contributed by atoms with Crippen LogP contribution in [-0.2, 0) is 14.2 Å². The largest absolute Gasteiger partial charge is 0.475 e. The van der Waals surface area contributed by atoms with E-state index in [2.05, 4.69) is 5.10 Å². The van der Waals surface area contributed by atoms with Crippen LogP contribution in [-0.4, -0.2) is 53.9 Å². The number of hydrogen-bond acceptors (Lipinski definition) is 6. The van der Waals surface area contributed by atoms with Crippen LogP contribution in [0.4, 0.5) is 8.78 Å². The molecule has 3 aliphatic rings. The van der Waals surface area contributed by atoms with E-state index < -0.39 is 23.6 Å². The van der Waals surface area contributed by atoms with E-state index in [1.165, 1.54) is 0 Å². The molecule has 1 aliphatic heterocycles. The van der Waals surface area contributed by atoms with Gasteiger partial charge in [-0.05, 0) is 19.8 Å². The van der Waals surface area contributed by atoms with Gasteiger partial charge in [-0.25, -0.2) is 13.6 Å². The molecule has 0 aromatic carbocycles. The van der Waals surface area contributed by atoms with Crippen molar-refractivity contribution in [2.75, 3.05) is 26.4 Å². The van der Waals surface area contributed by atoms with Crippen molar-refractivity contribution in [3.63, 3.8) is 0 Å². The molecule has 0 unspecified atom stereocenters. The van der Waals surface area contributed by atoms with Gasteiger partial charge in [-0.2, -0.15) is 0 Å². The van der Waals surface area contributed by atoms with Gasteiger partial charge >= 0.3 is 5.97 Å². The van der Waals surface area contributed by atoms with E-state index in [9.17, 15) is 13.6 Å². The van der Waals surface area contributed by atoms with Crippen LogP contribution < -0.4 is 4.74 Å². The average Bonchev–Trinajstić information content (AvgIpc) is 3.01. The molecule has 2 heterocycles. The molecule has 2 aliphatic carbocycles. The lowest BCUT2D eigenvalue weighted by molar-refractivity contribution is -0.181. The van der Waals surface area contributed by atoms with Crippen molar-refractivity contribution in [3.05, 3.63) is 11.8 Å². The summed E-state index contributed by atoms with van der Waals surface area (Å²) in [4.78, 5) is 12.2. The van der Waals surface area contributed by atoms with Crippen molar-refractivity contribution >= 4 is 5.97 Å². The number of esters is 1. The Morgan fingerprint density at radius 1 is 1.33 bits per heavy atom. The number of nitrogens with zero attached hydrogens (tertiary/aromatic N) is 2. The second-order valence-electron chi connectivity index (χ2n) is 7.36. The minimum atomic E-state index is -2.67. The highest BCUT2D eigenvalue weighted by atomic mass is 19.3. The zero-order valence-electron chi connectivity index (χ0n) is 15.3. The number of ether oxygens (including phenoxy) is 4. The lowest BCUT2D eigenvalue weighted by Gasteiger charge is -2.35. The van der Waals surface area contributed by atoms with Crippen molar-refractivity contribution in [1.82, 2.24) is 9.78 Å². The predicted octanol–water partition coefficient (Wildman–Crippen LogP) is 2.95. The predicted molar refractivity (Wildman–Crippen MR) is 88.9 cm³/mol. The maximum absolute atomic E-state index is 13.1. The van der Waals surface area contributed by atoms with Gasteiger partial charge in [0.1, 0.15) is 5.56 Å². The van der Waals surface area contributed by atoms with Crippen LogP contribution in [0.25, 0.3) is 0 Å². The first-order valence-corrected chi connectivity index (χ1v) is 9.47. The van der Waals surface area contributed by atoms with Gasteiger partial charge in [0.2, 0.25) is 5.88 Å². The van der Waals surface area contributed by atoms with Crippen LogP contribution in [0.5, 0.6) is 5.88 Å². The first-order valence-electron chi connectivity index (χ1n) is 9.47. The molecule has 0 N–H and O–H groups in total. The molecule has 7 nitrogen and oxygen atoms in total. The Morgan fingerprint density at radius 2 is 2.00 bits per heavy atom. The number of alkyl halides is 2. The SMILES string of the molecule is CCOC(=O)c1cn(C2CCC3(CC2)OCCO3)nc1OC[C@@H]1CC1(F)F. The summed E-state index contributed by atoms with van der Waals surface area (Å²) in [5.41, 5.74) is 0.175. The van der Waals surface area contributed by atoms with E-state index in [1.54, 1.807) is 17.8 Å². The maximum atomic E-state index is 13.1. The first-order chi connectivity index (χ1) is 12.9. The minimum absolute atomic E-state index is 0.0600. The zero-order valence-corrected chi connectivity index (χ0v) is 15.3. The van der Waals surface area contributed by atoms with Gasteiger partial charge in [-0.3, -0.25) is 4.68 Å². The summed E-state index contributed by atoms with van der Waals surface area (Å²) < 4.78 is 49.9. The molecule has 0 amide bonds. The van der Waals surface area contributed by atoms with E-state index in [0.717, 1.165) is 25.7 Å². The van der Waals surface area contributed by atoms with Crippen LogP contribution in [0.2, 0.25) is 0 Å². The summed E-state index contributed by atoms with van der Waals surface area (Å²) >= 11 is 0. The molecule has 1 aromatic heterocycles. The molecule has 9 heteroatoms. The van der Waals surface area contributed by atoms with Gasteiger partial charge in [-0.15, -0.1) is 5.10 Å². The smallest absolute Gasteiger partial charge is 0.345 e. The summed E-state index contributed by atoms with van der Waals surface area (Å²) in [6.07, 6.45) is 4.46. The Kier molecular flexibility index (Phi) is 4.84. The summed E-state index contributed by atoms with van der Waals surface area (Å²) in [5.74, 6) is -4.47. The third-order valence-electron chi connectivity index (χ3n) is 5.47. The van der Waals surface area contributed by atoms with Gasteiger partial charge in [0.25, 0.3) is 5.92 Å². The van der Waals surface area contributed by atoms with Crippen molar-refractivity contribution < 1.29 is 32.5 Å². The van der Waals surface area contributed by atoms with Crippen molar-refractivity contribution in [2.24, 2.45) is 5.92 Å². The molecule has 2 saturated carbocycles. The lowest BCUT2D eigenvalue weighted by atomic mass is 9.90. The average molecular weight is 386 g/mol. The summed E-state index contributed by atoms with van der Waals surface area (Å²) in [5, 5.41) is 4.37. The Labute approximate surface area is 155 Å². The minimum Gasteiger partial charge on any atom is -0.475 e. The number of rotatable bonds is 6. The fourth-order valence-electron chi connectivity index (χ4n) is 3.74. The molecule has 3 fully saturated rings. The quantitative estimate of drug-likeness (QED) is 0.700. The van der Waals surface area contributed by atoms with Crippen LogP contribution in [0.15, 0.2) is 6.20 Å². The van der Waals surface area contributed by atoms with E-state index >= 15 is 0 Å². The number of halogens is 2.